The van der Waals surface area contributed by atoms with Gasteiger partial charge in [0.15, 0.2) is 17.5 Å². The maximum Gasteiger partial charge on any atom is 0.270 e. The van der Waals surface area contributed by atoms with Crippen LogP contribution in [0.5, 0.6) is 0 Å². The highest BCUT2D eigenvalue weighted by Gasteiger charge is 2.11. The summed E-state index contributed by atoms with van der Waals surface area (Å²) in [6.45, 7) is 3.88. The summed E-state index contributed by atoms with van der Waals surface area (Å²) in [6, 6.07) is 19.6. The number of hydrogen-bond acceptors (Lipinski definition) is 7. The van der Waals surface area contributed by atoms with Crippen molar-refractivity contribution >= 4 is 17.7 Å². The lowest BCUT2D eigenvalue weighted by Crippen LogP contribution is -2.06. The van der Waals surface area contributed by atoms with E-state index in [0.29, 0.717) is 23.0 Å². The third-order valence-electron chi connectivity index (χ3n) is 4.44. The lowest BCUT2D eigenvalue weighted by Gasteiger charge is -2.09. The fourth-order valence-electron chi connectivity index (χ4n) is 3.07. The van der Waals surface area contributed by atoms with Crippen LogP contribution in [0.25, 0.3) is 17.2 Å². The maximum atomic E-state index is 10.9. The van der Waals surface area contributed by atoms with Gasteiger partial charge in [-0.3, -0.25) is 15.5 Å². The summed E-state index contributed by atoms with van der Waals surface area (Å²) in [5.41, 5.74) is 6.18. The molecule has 2 aromatic carbocycles. The van der Waals surface area contributed by atoms with Gasteiger partial charge in [0.25, 0.3) is 5.69 Å². The van der Waals surface area contributed by atoms with Gasteiger partial charge in [-0.2, -0.15) is 10.2 Å². The summed E-state index contributed by atoms with van der Waals surface area (Å²) in [5, 5.41) is 19.6. The normalized spacial score (nSPS) is 11.0. The minimum absolute atomic E-state index is 0.00386. The quantitative estimate of drug-likeness (QED) is 0.287. The number of aryl methyl sites for hydroxylation is 2. The zero-order valence-corrected chi connectivity index (χ0v) is 16.9. The van der Waals surface area contributed by atoms with Gasteiger partial charge in [0, 0.05) is 35.0 Å². The molecule has 0 aliphatic carbocycles. The van der Waals surface area contributed by atoms with Gasteiger partial charge in [-0.25, -0.2) is 14.6 Å². The molecule has 0 amide bonds. The van der Waals surface area contributed by atoms with Crippen LogP contribution in [0.1, 0.15) is 17.0 Å². The third kappa shape index (κ3) is 4.61. The predicted octanol–water partition coefficient (Wildman–Crippen LogP) is 4.30. The van der Waals surface area contributed by atoms with E-state index in [1.807, 2.05) is 50.2 Å². The van der Waals surface area contributed by atoms with E-state index in [0.717, 1.165) is 17.0 Å². The first-order chi connectivity index (χ1) is 15.0. The first-order valence-corrected chi connectivity index (χ1v) is 9.51. The number of benzene rings is 2. The Morgan fingerprint density at radius 2 is 1.84 bits per heavy atom. The number of nitro groups is 1. The van der Waals surface area contributed by atoms with Crippen molar-refractivity contribution in [2.75, 3.05) is 5.43 Å². The Bertz CT molecular complexity index is 1270. The van der Waals surface area contributed by atoms with E-state index < -0.39 is 4.92 Å². The average molecular weight is 413 g/mol. The molecule has 31 heavy (non-hydrogen) atoms. The minimum atomic E-state index is -0.442. The largest absolute Gasteiger partial charge is 0.270 e. The SMILES string of the molecule is Cc1cc(C)n(-c2cc(NN=Cc3cccc([N+](=O)[O-])c3)nc(-c3ccccc3)n2)n1. The monoisotopic (exact) mass is 413 g/mol. The van der Waals surface area contributed by atoms with Crippen LogP contribution in [-0.4, -0.2) is 30.9 Å². The van der Waals surface area contributed by atoms with Gasteiger partial charge in [-0.15, -0.1) is 0 Å². The van der Waals surface area contributed by atoms with Crippen LogP contribution in [0, 0.1) is 24.0 Å². The van der Waals surface area contributed by atoms with E-state index in [1.165, 1.54) is 18.3 Å². The number of anilines is 1. The summed E-state index contributed by atoms with van der Waals surface area (Å²) in [5.74, 6) is 1.60. The maximum absolute atomic E-state index is 10.9. The first kappa shape index (κ1) is 19.9. The summed E-state index contributed by atoms with van der Waals surface area (Å²) in [7, 11) is 0. The number of aromatic nitrogens is 4. The van der Waals surface area contributed by atoms with E-state index in [9.17, 15) is 10.1 Å². The molecule has 2 heterocycles. The van der Waals surface area contributed by atoms with Crippen molar-refractivity contribution in [2.45, 2.75) is 13.8 Å². The number of hydrogen-bond donors (Lipinski definition) is 1. The topological polar surface area (TPSA) is 111 Å². The van der Waals surface area contributed by atoms with Crippen LogP contribution in [0.3, 0.4) is 0 Å². The van der Waals surface area contributed by atoms with Gasteiger partial charge < -0.3 is 0 Å². The number of nitro benzene ring substituents is 1. The van der Waals surface area contributed by atoms with Crippen LogP contribution < -0.4 is 5.43 Å². The second-order valence-corrected chi connectivity index (χ2v) is 6.86. The van der Waals surface area contributed by atoms with Crippen molar-refractivity contribution in [2.24, 2.45) is 5.10 Å². The molecule has 0 aliphatic rings. The van der Waals surface area contributed by atoms with E-state index in [2.05, 4.69) is 25.6 Å². The number of nitrogens with zero attached hydrogens (tertiary/aromatic N) is 6. The molecule has 0 spiro atoms. The minimum Gasteiger partial charge on any atom is -0.261 e. The van der Waals surface area contributed by atoms with Crippen molar-refractivity contribution in [3.63, 3.8) is 0 Å². The molecule has 0 aliphatic heterocycles. The number of hydrazone groups is 1. The zero-order chi connectivity index (χ0) is 21.8. The van der Waals surface area contributed by atoms with E-state index in [4.69, 9.17) is 0 Å². The molecule has 4 aromatic rings. The zero-order valence-electron chi connectivity index (χ0n) is 16.9. The lowest BCUT2D eigenvalue weighted by molar-refractivity contribution is -0.384. The molecule has 0 radical (unpaired) electrons. The van der Waals surface area contributed by atoms with Gasteiger partial charge in [0.2, 0.25) is 0 Å². The van der Waals surface area contributed by atoms with Gasteiger partial charge in [0.05, 0.1) is 16.8 Å². The van der Waals surface area contributed by atoms with Crippen LogP contribution in [0.15, 0.2) is 71.8 Å². The van der Waals surface area contributed by atoms with E-state index in [1.54, 1.807) is 22.9 Å². The fourth-order valence-corrected chi connectivity index (χ4v) is 3.07. The average Bonchev–Trinajstić information content (AvgIpc) is 3.12. The van der Waals surface area contributed by atoms with Crippen molar-refractivity contribution in [3.8, 4) is 17.2 Å². The van der Waals surface area contributed by atoms with Crippen molar-refractivity contribution in [1.29, 1.82) is 0 Å². The molecule has 0 atom stereocenters. The third-order valence-corrected chi connectivity index (χ3v) is 4.44. The van der Waals surface area contributed by atoms with Crippen LogP contribution >= 0.6 is 0 Å². The summed E-state index contributed by atoms with van der Waals surface area (Å²) < 4.78 is 1.75. The molecule has 154 valence electrons. The molecule has 2 aromatic heterocycles. The van der Waals surface area contributed by atoms with Crippen molar-refractivity contribution < 1.29 is 4.92 Å². The highest BCUT2D eigenvalue weighted by molar-refractivity contribution is 5.81. The molecule has 0 saturated carbocycles. The highest BCUT2D eigenvalue weighted by Crippen LogP contribution is 2.21. The smallest absolute Gasteiger partial charge is 0.261 e. The van der Waals surface area contributed by atoms with Gasteiger partial charge in [-0.05, 0) is 19.9 Å². The van der Waals surface area contributed by atoms with Gasteiger partial charge in [-0.1, -0.05) is 42.5 Å². The number of non-ortho nitro benzene ring substituents is 1. The van der Waals surface area contributed by atoms with Crippen LogP contribution in [0.4, 0.5) is 11.5 Å². The predicted molar refractivity (Wildman–Crippen MR) is 118 cm³/mol. The molecule has 0 unspecified atom stereocenters. The van der Waals surface area contributed by atoms with E-state index >= 15 is 0 Å². The van der Waals surface area contributed by atoms with Gasteiger partial charge >= 0.3 is 0 Å². The Balaban J connectivity index is 1.68. The first-order valence-electron chi connectivity index (χ1n) is 9.51. The van der Waals surface area contributed by atoms with Crippen LogP contribution in [0.2, 0.25) is 0 Å². The molecule has 0 fully saturated rings. The van der Waals surface area contributed by atoms with Crippen molar-refractivity contribution in [3.05, 3.63) is 93.8 Å². The number of nitrogens with one attached hydrogen (secondary N) is 1. The highest BCUT2D eigenvalue weighted by atomic mass is 16.6. The molecule has 0 bridgehead atoms. The fraction of sp³-hybridized carbons (Fsp3) is 0.0909. The van der Waals surface area contributed by atoms with E-state index in [-0.39, 0.29) is 5.69 Å². The summed E-state index contributed by atoms with van der Waals surface area (Å²) in [4.78, 5) is 19.7. The Hall–Kier alpha value is -4.40. The second kappa shape index (κ2) is 8.54. The molecular weight excluding hydrogens is 394 g/mol. The molecule has 4 rings (SSSR count). The van der Waals surface area contributed by atoms with Crippen molar-refractivity contribution in [1.82, 2.24) is 19.7 Å². The molecule has 9 heteroatoms. The Labute approximate surface area is 178 Å². The lowest BCUT2D eigenvalue weighted by atomic mass is 10.2. The molecular formula is C22H19N7O2. The summed E-state index contributed by atoms with van der Waals surface area (Å²) in [6.07, 6.45) is 1.50. The summed E-state index contributed by atoms with van der Waals surface area (Å²) >= 11 is 0. The molecule has 0 saturated heterocycles. The Kier molecular flexibility index (Phi) is 5.48. The molecule has 9 nitrogen and oxygen atoms in total. The van der Waals surface area contributed by atoms with Crippen LogP contribution in [-0.2, 0) is 0 Å². The standard InChI is InChI=1S/C22H19N7O2/c1-15-11-16(2)28(27-15)21-13-20(24-22(25-21)18-8-4-3-5-9-18)26-23-14-17-7-6-10-19(12-17)29(30)31/h3-14H,1-2H3,(H,24,25,26). The Morgan fingerprint density at radius 3 is 2.55 bits per heavy atom. The van der Waals surface area contributed by atoms with Gasteiger partial charge in [0.1, 0.15) is 0 Å². The molecule has 1 N–H and O–H groups in total. The second-order valence-electron chi connectivity index (χ2n) is 6.86. The number of rotatable bonds is 6. The Morgan fingerprint density at radius 1 is 1.03 bits per heavy atom.